The maximum absolute atomic E-state index is 12.3. The van der Waals surface area contributed by atoms with E-state index in [2.05, 4.69) is 0 Å². The minimum absolute atomic E-state index is 0.244. The van der Waals surface area contributed by atoms with Crippen LogP contribution in [0.1, 0.15) is 11.1 Å². The second-order valence-electron chi connectivity index (χ2n) is 5.61. The molecule has 1 heterocycles. The van der Waals surface area contributed by atoms with Gasteiger partial charge in [0, 0.05) is 10.6 Å². The molecule has 2 aromatic carbocycles. The van der Waals surface area contributed by atoms with Crippen LogP contribution >= 0.6 is 35.6 Å². The Morgan fingerprint density at radius 2 is 1.93 bits per heavy atom. The summed E-state index contributed by atoms with van der Waals surface area (Å²) >= 11 is 12.3. The largest absolute Gasteiger partial charge is 0.489 e. The first-order chi connectivity index (χ1) is 12.9. The van der Waals surface area contributed by atoms with Crippen molar-refractivity contribution >= 4 is 57.9 Å². The molecule has 0 bridgehead atoms. The summed E-state index contributed by atoms with van der Waals surface area (Å²) in [4.78, 5) is 24.6. The van der Waals surface area contributed by atoms with Crippen molar-refractivity contribution in [2.45, 2.75) is 6.61 Å². The smallest absolute Gasteiger partial charge is 0.323 e. The molecular formula is C19H14ClNO4S2. The third kappa shape index (κ3) is 4.88. The summed E-state index contributed by atoms with van der Waals surface area (Å²) in [5, 5.41) is 9.51. The molecular weight excluding hydrogens is 406 g/mol. The van der Waals surface area contributed by atoms with Crippen molar-refractivity contribution in [1.29, 1.82) is 0 Å². The van der Waals surface area contributed by atoms with Gasteiger partial charge in [-0.25, -0.2) is 0 Å². The molecule has 3 rings (SSSR count). The molecule has 5 nitrogen and oxygen atoms in total. The minimum Gasteiger partial charge on any atom is -0.489 e. The molecule has 0 atom stereocenters. The molecule has 8 heteroatoms. The summed E-state index contributed by atoms with van der Waals surface area (Å²) in [6.45, 7) is -0.0797. The summed E-state index contributed by atoms with van der Waals surface area (Å²) in [5.74, 6) is -0.829. The number of amides is 1. The molecule has 1 N–H and O–H groups in total. The first kappa shape index (κ1) is 19.4. The minimum atomic E-state index is -1.10. The van der Waals surface area contributed by atoms with E-state index in [1.807, 2.05) is 36.4 Å². The van der Waals surface area contributed by atoms with Crippen LogP contribution in [0.5, 0.6) is 5.75 Å². The van der Waals surface area contributed by atoms with E-state index in [9.17, 15) is 9.59 Å². The van der Waals surface area contributed by atoms with Crippen LogP contribution in [0.25, 0.3) is 6.08 Å². The van der Waals surface area contributed by atoms with Gasteiger partial charge in [-0.15, -0.1) is 0 Å². The summed E-state index contributed by atoms with van der Waals surface area (Å²) in [6.07, 6.45) is 1.68. The number of halogens is 1. The topological polar surface area (TPSA) is 66.8 Å². The highest BCUT2D eigenvalue weighted by molar-refractivity contribution is 8.26. The lowest BCUT2D eigenvalue weighted by molar-refractivity contribution is -0.140. The van der Waals surface area contributed by atoms with E-state index in [0.29, 0.717) is 22.3 Å². The number of carboxylic acid groups (broad SMARTS) is 1. The molecule has 0 saturated carbocycles. The molecule has 0 aromatic heterocycles. The number of thiocarbonyl (C=S) groups is 1. The number of aliphatic carboxylic acids is 1. The fourth-order valence-corrected chi connectivity index (χ4v) is 3.81. The third-order valence-corrected chi connectivity index (χ3v) is 5.44. The number of carboxylic acids is 1. The SMILES string of the molecule is O=C(O)CN1C(=O)/C(=C/c2ccc(OCc3ccccc3Cl)cc2)SC1=S. The Bertz CT molecular complexity index is 928. The Balaban J connectivity index is 1.66. The predicted molar refractivity (Wildman–Crippen MR) is 110 cm³/mol. The second kappa shape index (κ2) is 8.56. The van der Waals surface area contributed by atoms with Crippen molar-refractivity contribution in [2.75, 3.05) is 6.54 Å². The summed E-state index contributed by atoms with van der Waals surface area (Å²) < 4.78 is 5.97. The normalized spacial score (nSPS) is 15.4. The van der Waals surface area contributed by atoms with Gasteiger partial charge in [0.25, 0.3) is 5.91 Å². The van der Waals surface area contributed by atoms with E-state index in [-0.39, 0.29) is 4.32 Å². The number of hydrogen-bond donors (Lipinski definition) is 1. The number of ether oxygens (including phenoxy) is 1. The Hall–Kier alpha value is -2.35. The molecule has 0 aliphatic carbocycles. The third-order valence-electron chi connectivity index (χ3n) is 3.70. The molecule has 2 aromatic rings. The number of carbonyl (C=O) groups is 2. The maximum Gasteiger partial charge on any atom is 0.323 e. The maximum atomic E-state index is 12.3. The fourth-order valence-electron chi connectivity index (χ4n) is 2.36. The van der Waals surface area contributed by atoms with Crippen molar-refractivity contribution in [3.8, 4) is 5.75 Å². The summed E-state index contributed by atoms with van der Waals surface area (Å²) in [7, 11) is 0. The number of hydrogen-bond acceptors (Lipinski definition) is 5. The van der Waals surface area contributed by atoms with Crippen molar-refractivity contribution in [1.82, 2.24) is 4.90 Å². The summed E-state index contributed by atoms with van der Waals surface area (Å²) in [5.41, 5.74) is 1.68. The molecule has 1 amide bonds. The molecule has 138 valence electrons. The van der Waals surface area contributed by atoms with Crippen LogP contribution in [0.4, 0.5) is 0 Å². The highest BCUT2D eigenvalue weighted by atomic mass is 35.5. The quantitative estimate of drug-likeness (QED) is 0.559. The zero-order valence-electron chi connectivity index (χ0n) is 13.9. The van der Waals surface area contributed by atoms with Crippen LogP contribution in [-0.4, -0.2) is 32.7 Å². The first-order valence-corrected chi connectivity index (χ1v) is 9.48. The van der Waals surface area contributed by atoms with Gasteiger partial charge in [0.1, 0.15) is 23.2 Å². The van der Waals surface area contributed by atoms with Crippen LogP contribution in [0.15, 0.2) is 53.4 Å². The predicted octanol–water partition coefficient (Wildman–Crippen LogP) is 4.20. The van der Waals surface area contributed by atoms with Gasteiger partial charge in [-0.3, -0.25) is 14.5 Å². The lowest BCUT2D eigenvalue weighted by Crippen LogP contribution is -2.33. The standard InChI is InChI=1S/C19H14ClNO4S2/c20-15-4-2-1-3-13(15)11-25-14-7-5-12(6-8-14)9-16-18(24)21(10-17(22)23)19(26)27-16/h1-9H,10-11H2,(H,22,23)/b16-9-. The van der Waals surface area contributed by atoms with Gasteiger partial charge in [-0.1, -0.05) is 65.9 Å². The Kier molecular flexibility index (Phi) is 6.15. The second-order valence-corrected chi connectivity index (χ2v) is 7.69. The van der Waals surface area contributed by atoms with Crippen LogP contribution in [0.3, 0.4) is 0 Å². The number of carbonyl (C=O) groups excluding carboxylic acids is 1. The Labute approximate surface area is 170 Å². The van der Waals surface area contributed by atoms with E-state index in [1.54, 1.807) is 18.2 Å². The fraction of sp³-hybridized carbons (Fsp3) is 0.105. The number of rotatable bonds is 6. The van der Waals surface area contributed by atoms with Crippen molar-refractivity contribution < 1.29 is 19.4 Å². The lowest BCUT2D eigenvalue weighted by Gasteiger charge is -2.10. The zero-order valence-corrected chi connectivity index (χ0v) is 16.3. The van der Waals surface area contributed by atoms with Gasteiger partial charge in [0.2, 0.25) is 0 Å². The molecule has 1 aliphatic rings. The van der Waals surface area contributed by atoms with Crippen LogP contribution in [0, 0.1) is 0 Å². The van der Waals surface area contributed by atoms with Crippen LogP contribution in [-0.2, 0) is 16.2 Å². The van der Waals surface area contributed by atoms with E-state index >= 15 is 0 Å². The van der Waals surface area contributed by atoms with Gasteiger partial charge >= 0.3 is 5.97 Å². The molecule has 0 radical (unpaired) electrons. The molecule has 1 saturated heterocycles. The van der Waals surface area contributed by atoms with Gasteiger partial charge in [-0.2, -0.15) is 0 Å². The van der Waals surface area contributed by atoms with Crippen LogP contribution in [0.2, 0.25) is 5.02 Å². The van der Waals surface area contributed by atoms with Gasteiger partial charge < -0.3 is 9.84 Å². The average Bonchev–Trinajstić information content (AvgIpc) is 2.89. The molecule has 1 aliphatic heterocycles. The molecule has 0 spiro atoms. The number of nitrogens with zero attached hydrogens (tertiary/aromatic N) is 1. The van der Waals surface area contributed by atoms with Gasteiger partial charge in [0.05, 0.1) is 4.91 Å². The van der Waals surface area contributed by atoms with Crippen molar-refractivity contribution in [3.05, 3.63) is 69.6 Å². The Morgan fingerprint density at radius 1 is 1.22 bits per heavy atom. The van der Waals surface area contributed by atoms with Crippen molar-refractivity contribution in [3.63, 3.8) is 0 Å². The van der Waals surface area contributed by atoms with E-state index < -0.39 is 18.4 Å². The highest BCUT2D eigenvalue weighted by Gasteiger charge is 2.33. The molecule has 0 unspecified atom stereocenters. The monoisotopic (exact) mass is 419 g/mol. The van der Waals surface area contributed by atoms with Crippen LogP contribution < -0.4 is 4.74 Å². The van der Waals surface area contributed by atoms with E-state index in [0.717, 1.165) is 27.8 Å². The summed E-state index contributed by atoms with van der Waals surface area (Å²) in [6, 6.07) is 14.7. The molecule has 1 fully saturated rings. The first-order valence-electron chi connectivity index (χ1n) is 7.87. The van der Waals surface area contributed by atoms with E-state index in [4.69, 9.17) is 33.7 Å². The highest BCUT2D eigenvalue weighted by Crippen LogP contribution is 2.32. The zero-order chi connectivity index (χ0) is 19.4. The van der Waals surface area contributed by atoms with E-state index in [1.165, 1.54) is 0 Å². The Morgan fingerprint density at radius 3 is 2.59 bits per heavy atom. The van der Waals surface area contributed by atoms with Crippen molar-refractivity contribution in [2.24, 2.45) is 0 Å². The number of thioether (sulfide) groups is 1. The van der Waals surface area contributed by atoms with Gasteiger partial charge in [-0.05, 0) is 29.8 Å². The number of benzene rings is 2. The van der Waals surface area contributed by atoms with Gasteiger partial charge in [0.15, 0.2) is 0 Å². The molecule has 27 heavy (non-hydrogen) atoms. The average molecular weight is 420 g/mol. The lowest BCUT2D eigenvalue weighted by atomic mass is 10.2.